The summed E-state index contributed by atoms with van der Waals surface area (Å²) in [5.41, 5.74) is 1.04. The number of nitrogens with one attached hydrogen (secondary N) is 1. The van der Waals surface area contributed by atoms with Crippen molar-refractivity contribution in [2.75, 3.05) is 25.2 Å². The molecule has 14 heteroatoms. The number of carbonyl (C=O) groups is 4. The number of benzene rings is 2. The molecule has 43 heavy (non-hydrogen) atoms. The molecule has 13 nitrogen and oxygen atoms in total. The van der Waals surface area contributed by atoms with Crippen molar-refractivity contribution in [3.8, 4) is 5.75 Å². The number of phenols is 1. The summed E-state index contributed by atoms with van der Waals surface area (Å²) in [6.45, 7) is 0. The number of aliphatic hydroxyl groups is 3. The van der Waals surface area contributed by atoms with Gasteiger partial charge in [0.15, 0.2) is 27.0 Å². The van der Waals surface area contributed by atoms with E-state index >= 15 is 0 Å². The molecule has 7 N–H and O–H groups in total. The monoisotopic (exact) mass is 611 g/mol. The third kappa shape index (κ3) is 4.58. The van der Waals surface area contributed by atoms with E-state index < -0.39 is 85.3 Å². The van der Waals surface area contributed by atoms with Crippen molar-refractivity contribution in [1.82, 2.24) is 4.90 Å². The SMILES string of the molecule is CN(C)[C@@H]1C(O)=C(C(N)=O)C(=O)C2(O)C(O)=C3C(=O)c4c(ccc(NC(=O)CS(=O)(=O)c5ccccc5)c4O)CC3CC12. The van der Waals surface area contributed by atoms with E-state index in [1.807, 2.05) is 0 Å². The second-order valence-electron chi connectivity index (χ2n) is 11.1. The Hall–Kier alpha value is -4.53. The number of hydrogen-bond acceptors (Lipinski definition) is 11. The maximum Gasteiger partial charge on any atom is 0.255 e. The lowest BCUT2D eigenvalue weighted by atomic mass is 9.58. The van der Waals surface area contributed by atoms with E-state index in [4.69, 9.17) is 5.73 Å². The molecule has 5 rings (SSSR count). The summed E-state index contributed by atoms with van der Waals surface area (Å²) >= 11 is 0. The Morgan fingerprint density at radius 1 is 1.07 bits per heavy atom. The molecule has 2 aromatic carbocycles. The summed E-state index contributed by atoms with van der Waals surface area (Å²) < 4.78 is 25.2. The molecule has 226 valence electrons. The van der Waals surface area contributed by atoms with E-state index in [0.29, 0.717) is 5.56 Å². The standard InChI is InChI=1S/C29H29N3O10S/c1-32(2)22-16-11-14-10-13-8-9-17(31-18(33)12-43(41,42)15-6-4-3-5-7-15)23(34)19(13)24(35)20(14)26(37)29(16,40)27(38)21(25(22)36)28(30)39/h3-9,14,16,22,34,36-37,40H,10-12H2,1-2H3,(H2,30,39)(H,31,33)/t14?,16?,22-,29?/m0/s1. The second-order valence-corrected chi connectivity index (χ2v) is 13.1. The van der Waals surface area contributed by atoms with Gasteiger partial charge in [-0.25, -0.2) is 8.42 Å². The molecule has 2 aromatic rings. The molecule has 4 atom stereocenters. The van der Waals surface area contributed by atoms with Crippen LogP contribution in [0.5, 0.6) is 5.75 Å². The Morgan fingerprint density at radius 2 is 1.72 bits per heavy atom. The minimum atomic E-state index is -4.01. The quantitative estimate of drug-likeness (QED) is 0.195. The Morgan fingerprint density at radius 3 is 2.33 bits per heavy atom. The molecule has 0 aliphatic heterocycles. The number of hydrogen-bond donors (Lipinski definition) is 6. The van der Waals surface area contributed by atoms with Crippen LogP contribution in [0.1, 0.15) is 22.3 Å². The van der Waals surface area contributed by atoms with Crippen LogP contribution in [-0.4, -0.2) is 88.6 Å². The number of fused-ring (bicyclic) bond motifs is 3. The van der Waals surface area contributed by atoms with E-state index in [1.165, 1.54) is 55.4 Å². The van der Waals surface area contributed by atoms with Gasteiger partial charge in [0.05, 0.1) is 22.2 Å². The average Bonchev–Trinajstić information content (AvgIpc) is 2.92. The third-order valence-corrected chi connectivity index (χ3v) is 9.93. The topological polar surface area (TPSA) is 225 Å². The molecule has 0 radical (unpaired) electrons. The van der Waals surface area contributed by atoms with Gasteiger partial charge in [0.2, 0.25) is 11.7 Å². The van der Waals surface area contributed by atoms with Gasteiger partial charge >= 0.3 is 0 Å². The minimum absolute atomic E-state index is 0.0671. The number of amides is 2. The number of sulfone groups is 1. The van der Waals surface area contributed by atoms with Gasteiger partial charge in [-0.05, 0) is 56.6 Å². The van der Waals surface area contributed by atoms with E-state index in [2.05, 4.69) is 5.32 Å². The van der Waals surface area contributed by atoms with Crippen LogP contribution < -0.4 is 11.1 Å². The lowest BCUT2D eigenvalue weighted by Crippen LogP contribution is -2.63. The molecule has 0 aromatic heterocycles. The molecule has 3 unspecified atom stereocenters. The van der Waals surface area contributed by atoms with Crippen molar-refractivity contribution in [2.45, 2.75) is 29.4 Å². The number of primary amides is 1. The molecule has 2 amide bonds. The highest BCUT2D eigenvalue weighted by Crippen LogP contribution is 2.52. The lowest BCUT2D eigenvalue weighted by Gasteiger charge is -2.50. The predicted octanol–water partition coefficient (Wildman–Crippen LogP) is 0.533. The van der Waals surface area contributed by atoms with Gasteiger partial charge < -0.3 is 31.5 Å². The lowest BCUT2D eigenvalue weighted by molar-refractivity contribution is -0.148. The molecule has 0 bridgehead atoms. The summed E-state index contributed by atoms with van der Waals surface area (Å²) in [5, 5.41) is 47.1. The van der Waals surface area contributed by atoms with Crippen molar-refractivity contribution >= 4 is 38.9 Å². The van der Waals surface area contributed by atoms with Gasteiger partial charge in [-0.2, -0.15) is 0 Å². The van der Waals surface area contributed by atoms with Gasteiger partial charge in [-0.3, -0.25) is 24.1 Å². The minimum Gasteiger partial charge on any atom is -0.510 e. The normalized spacial score (nSPS) is 25.3. The number of phenolic OH excluding ortho intramolecular Hbond substituents is 1. The van der Waals surface area contributed by atoms with Crippen molar-refractivity contribution in [1.29, 1.82) is 0 Å². The van der Waals surface area contributed by atoms with Crippen LogP contribution in [0.25, 0.3) is 0 Å². The van der Waals surface area contributed by atoms with Crippen LogP contribution in [0.3, 0.4) is 0 Å². The Labute approximate surface area is 245 Å². The second kappa shape index (κ2) is 10.3. The smallest absolute Gasteiger partial charge is 0.255 e. The Kier molecular flexibility index (Phi) is 7.19. The number of nitrogens with two attached hydrogens (primary N) is 1. The van der Waals surface area contributed by atoms with Crippen LogP contribution in [0, 0.1) is 11.8 Å². The van der Waals surface area contributed by atoms with Crippen LogP contribution in [0.15, 0.2) is 70.0 Å². The maximum atomic E-state index is 13.8. The van der Waals surface area contributed by atoms with Gasteiger partial charge in [0.1, 0.15) is 22.8 Å². The first-order valence-corrected chi connectivity index (χ1v) is 14.8. The van der Waals surface area contributed by atoms with E-state index in [9.17, 15) is 48.0 Å². The van der Waals surface area contributed by atoms with E-state index in [1.54, 1.807) is 6.07 Å². The molecule has 0 fully saturated rings. The first-order chi connectivity index (χ1) is 20.1. The zero-order valence-electron chi connectivity index (χ0n) is 23.1. The molecule has 0 saturated heterocycles. The predicted molar refractivity (Wildman–Crippen MR) is 151 cm³/mol. The molecule has 0 saturated carbocycles. The third-order valence-electron chi connectivity index (χ3n) is 8.29. The van der Waals surface area contributed by atoms with Crippen molar-refractivity contribution in [3.63, 3.8) is 0 Å². The van der Waals surface area contributed by atoms with E-state index in [-0.39, 0.29) is 34.6 Å². The average molecular weight is 612 g/mol. The van der Waals surface area contributed by atoms with Gasteiger partial charge in [-0.15, -0.1) is 0 Å². The van der Waals surface area contributed by atoms with Gasteiger partial charge in [-0.1, -0.05) is 24.3 Å². The van der Waals surface area contributed by atoms with Crippen LogP contribution in [0.2, 0.25) is 0 Å². The maximum absolute atomic E-state index is 13.8. The fourth-order valence-electron chi connectivity index (χ4n) is 6.40. The molecule has 0 spiro atoms. The number of ketones is 2. The molecule has 3 aliphatic rings. The van der Waals surface area contributed by atoms with Crippen LogP contribution >= 0.6 is 0 Å². The Balaban J connectivity index is 1.52. The number of anilines is 1. The van der Waals surface area contributed by atoms with Crippen molar-refractivity contribution in [2.24, 2.45) is 17.6 Å². The highest BCUT2D eigenvalue weighted by atomic mass is 32.2. The Bertz CT molecular complexity index is 1760. The largest absolute Gasteiger partial charge is 0.510 e. The van der Waals surface area contributed by atoms with E-state index in [0.717, 1.165) is 0 Å². The van der Waals surface area contributed by atoms with Gasteiger partial charge in [0.25, 0.3) is 5.91 Å². The highest BCUT2D eigenvalue weighted by molar-refractivity contribution is 7.92. The fraction of sp³-hybridized carbons (Fsp3) is 0.310. The number of carbonyl (C=O) groups excluding carboxylic acids is 4. The van der Waals surface area contributed by atoms with Gasteiger partial charge in [0, 0.05) is 11.5 Å². The number of rotatable bonds is 6. The van der Waals surface area contributed by atoms with Crippen LogP contribution in [0.4, 0.5) is 5.69 Å². The number of allylic oxidation sites excluding steroid dienone is 1. The zero-order valence-corrected chi connectivity index (χ0v) is 23.9. The van der Waals surface area contributed by atoms with Crippen LogP contribution in [-0.2, 0) is 30.6 Å². The summed E-state index contributed by atoms with van der Waals surface area (Å²) in [6, 6.07) is 8.94. The molecule has 3 aliphatic carbocycles. The summed E-state index contributed by atoms with van der Waals surface area (Å²) in [5.74, 6) is -9.82. The number of Topliss-reactive ketones (excluding diaryl/α,β-unsaturated/α-hetero) is 2. The van der Waals surface area contributed by atoms with Crippen molar-refractivity contribution in [3.05, 3.63) is 76.3 Å². The first-order valence-electron chi connectivity index (χ1n) is 13.2. The number of aromatic hydroxyl groups is 1. The first kappa shape index (κ1) is 29.9. The van der Waals surface area contributed by atoms with Crippen molar-refractivity contribution < 1.29 is 48.0 Å². The summed E-state index contributed by atoms with van der Waals surface area (Å²) in [7, 11) is -0.943. The zero-order chi connectivity index (χ0) is 31.6. The molecule has 0 heterocycles. The highest BCUT2D eigenvalue weighted by Gasteiger charge is 2.63. The molecular formula is C29H29N3O10S. The number of likely N-dealkylation sites (N-methyl/N-ethyl adjacent to an activating group) is 1. The number of nitrogens with zero attached hydrogens (tertiary/aromatic N) is 1. The number of aliphatic hydroxyl groups excluding tert-OH is 2. The fourth-order valence-corrected chi connectivity index (χ4v) is 7.55. The molecular weight excluding hydrogens is 582 g/mol. The summed E-state index contributed by atoms with van der Waals surface area (Å²) in [4.78, 5) is 53.3. The summed E-state index contributed by atoms with van der Waals surface area (Å²) in [6.07, 6.45) is 0.00106.